The smallest absolute Gasteiger partial charge is 0.241 e. The topological polar surface area (TPSA) is 73.9 Å². The van der Waals surface area contributed by atoms with Crippen molar-refractivity contribution in [1.82, 2.24) is 4.72 Å². The Labute approximate surface area is 184 Å². The Balaban J connectivity index is 1.77. The molecule has 3 aromatic rings. The van der Waals surface area contributed by atoms with Gasteiger partial charge in [0.15, 0.2) is 11.5 Å². The summed E-state index contributed by atoms with van der Waals surface area (Å²) in [7, 11) is -3.69. The summed E-state index contributed by atoms with van der Waals surface area (Å²) in [6.07, 6.45) is 0.528. The van der Waals surface area contributed by atoms with Gasteiger partial charge in [0.25, 0.3) is 0 Å². The highest BCUT2D eigenvalue weighted by molar-refractivity contribution is 7.89. The first-order chi connectivity index (χ1) is 15.0. The second-order valence-corrected chi connectivity index (χ2v) is 8.57. The van der Waals surface area contributed by atoms with E-state index in [1.54, 1.807) is 18.2 Å². The molecule has 1 N–H and O–H groups in total. The van der Waals surface area contributed by atoms with Crippen LogP contribution in [0.2, 0.25) is 0 Å². The van der Waals surface area contributed by atoms with E-state index in [0.29, 0.717) is 48.9 Å². The number of ether oxygens (including phenoxy) is 3. The van der Waals surface area contributed by atoms with Crippen LogP contribution in [0, 0.1) is 0 Å². The Morgan fingerprint density at radius 2 is 1.35 bits per heavy atom. The van der Waals surface area contributed by atoms with Crippen molar-refractivity contribution in [2.45, 2.75) is 32.1 Å². The summed E-state index contributed by atoms with van der Waals surface area (Å²) < 4.78 is 45.6. The van der Waals surface area contributed by atoms with Crippen molar-refractivity contribution in [3.8, 4) is 17.2 Å². The van der Waals surface area contributed by atoms with Gasteiger partial charge in [-0.2, -0.15) is 0 Å². The van der Waals surface area contributed by atoms with Crippen molar-refractivity contribution in [1.29, 1.82) is 0 Å². The van der Waals surface area contributed by atoms with Crippen LogP contribution in [0.3, 0.4) is 0 Å². The molecule has 0 radical (unpaired) electrons. The van der Waals surface area contributed by atoms with Crippen molar-refractivity contribution in [2.24, 2.45) is 0 Å². The van der Waals surface area contributed by atoms with Crippen molar-refractivity contribution in [3.63, 3.8) is 0 Å². The maximum absolute atomic E-state index is 13.0. The van der Waals surface area contributed by atoms with Gasteiger partial charge in [-0.25, -0.2) is 13.1 Å². The lowest BCUT2D eigenvalue weighted by Crippen LogP contribution is -2.26. The fraction of sp³-hybridized carbons (Fsp3) is 0.333. The summed E-state index contributed by atoms with van der Waals surface area (Å²) in [5.41, 5.74) is 0.964. The second-order valence-electron chi connectivity index (χ2n) is 6.84. The van der Waals surface area contributed by atoms with Gasteiger partial charge in [0.2, 0.25) is 10.0 Å². The lowest BCUT2D eigenvalue weighted by molar-refractivity contribution is 0.287. The van der Waals surface area contributed by atoms with Crippen LogP contribution in [0.5, 0.6) is 17.2 Å². The number of sulfonamides is 1. The van der Waals surface area contributed by atoms with Crippen molar-refractivity contribution < 1.29 is 22.6 Å². The predicted molar refractivity (Wildman–Crippen MR) is 123 cm³/mol. The summed E-state index contributed by atoms with van der Waals surface area (Å²) >= 11 is 0. The number of hydrogen-bond donors (Lipinski definition) is 1. The Morgan fingerprint density at radius 3 is 2.06 bits per heavy atom. The predicted octanol–water partition coefficient (Wildman–Crippen LogP) is 4.56. The van der Waals surface area contributed by atoms with Crippen molar-refractivity contribution in [3.05, 3.63) is 60.2 Å². The van der Waals surface area contributed by atoms with E-state index in [1.807, 2.05) is 57.2 Å². The molecule has 166 valence electrons. The molecule has 0 aliphatic rings. The van der Waals surface area contributed by atoms with E-state index in [4.69, 9.17) is 14.2 Å². The van der Waals surface area contributed by atoms with E-state index in [-0.39, 0.29) is 11.4 Å². The highest BCUT2D eigenvalue weighted by Crippen LogP contribution is 2.31. The molecular formula is C24H29NO5S. The van der Waals surface area contributed by atoms with Crippen LogP contribution in [0.25, 0.3) is 10.8 Å². The normalized spacial score (nSPS) is 11.5. The zero-order valence-electron chi connectivity index (χ0n) is 18.2. The van der Waals surface area contributed by atoms with E-state index in [1.165, 1.54) is 0 Å². The average molecular weight is 444 g/mol. The molecule has 0 fully saturated rings. The summed E-state index contributed by atoms with van der Waals surface area (Å²) in [5.74, 6) is 2.03. The minimum absolute atomic E-state index is 0.244. The van der Waals surface area contributed by atoms with Crippen LogP contribution in [-0.2, 0) is 16.4 Å². The summed E-state index contributed by atoms with van der Waals surface area (Å²) in [6, 6.07) is 16.4. The first kappa shape index (κ1) is 22.9. The Morgan fingerprint density at radius 1 is 0.742 bits per heavy atom. The third-order valence-electron chi connectivity index (χ3n) is 4.75. The molecule has 0 aliphatic heterocycles. The first-order valence-electron chi connectivity index (χ1n) is 10.5. The highest BCUT2D eigenvalue weighted by Gasteiger charge is 2.19. The van der Waals surface area contributed by atoms with Crippen LogP contribution >= 0.6 is 0 Å². The van der Waals surface area contributed by atoms with Gasteiger partial charge in [-0.1, -0.05) is 30.3 Å². The summed E-state index contributed by atoms with van der Waals surface area (Å²) in [4.78, 5) is 0.244. The molecule has 0 atom stereocenters. The van der Waals surface area contributed by atoms with Gasteiger partial charge in [0, 0.05) is 17.3 Å². The zero-order valence-corrected chi connectivity index (χ0v) is 19.0. The van der Waals surface area contributed by atoms with Crippen molar-refractivity contribution in [2.75, 3.05) is 26.4 Å². The molecule has 0 aromatic heterocycles. The lowest BCUT2D eigenvalue weighted by Gasteiger charge is -2.14. The molecule has 7 heteroatoms. The first-order valence-corrected chi connectivity index (χ1v) is 12.0. The maximum Gasteiger partial charge on any atom is 0.241 e. The van der Waals surface area contributed by atoms with Gasteiger partial charge in [0.05, 0.1) is 24.7 Å². The molecule has 6 nitrogen and oxygen atoms in total. The Bertz CT molecular complexity index is 1130. The highest BCUT2D eigenvalue weighted by atomic mass is 32.2. The van der Waals surface area contributed by atoms with Crippen LogP contribution in [-0.4, -0.2) is 34.8 Å². The number of benzene rings is 3. The number of hydrogen-bond acceptors (Lipinski definition) is 5. The van der Waals surface area contributed by atoms with Crippen LogP contribution in [0.4, 0.5) is 0 Å². The van der Waals surface area contributed by atoms with E-state index in [9.17, 15) is 8.42 Å². The molecule has 0 spiro atoms. The molecule has 0 saturated heterocycles. The SMILES string of the molecule is CCOc1ccc(CCNS(=O)(=O)c2ccc(OCC)c3ccccc23)cc1OCC. The molecular weight excluding hydrogens is 414 g/mol. The summed E-state index contributed by atoms with van der Waals surface area (Å²) in [5, 5.41) is 1.42. The quantitative estimate of drug-likeness (QED) is 0.470. The van der Waals surface area contributed by atoms with Gasteiger partial charge in [-0.3, -0.25) is 0 Å². The summed E-state index contributed by atoms with van der Waals surface area (Å²) in [6.45, 7) is 7.60. The number of fused-ring (bicyclic) bond motifs is 1. The fourth-order valence-corrected chi connectivity index (χ4v) is 4.66. The second kappa shape index (κ2) is 10.5. The van der Waals surface area contributed by atoms with Crippen LogP contribution in [0.1, 0.15) is 26.3 Å². The number of rotatable bonds is 11. The molecule has 3 aromatic carbocycles. The minimum Gasteiger partial charge on any atom is -0.493 e. The van der Waals surface area contributed by atoms with E-state index < -0.39 is 10.0 Å². The zero-order chi connectivity index (χ0) is 22.3. The number of nitrogens with one attached hydrogen (secondary N) is 1. The Hall–Kier alpha value is -2.77. The molecule has 0 bridgehead atoms. The standard InChI is InChI=1S/C24H29NO5S/c1-4-28-21-13-14-24(20-10-8-7-9-19(20)21)31(26,27)25-16-15-18-11-12-22(29-5-2)23(17-18)30-6-3/h7-14,17,25H,4-6,15-16H2,1-3H3. The molecule has 0 aliphatic carbocycles. The Kier molecular flexibility index (Phi) is 7.76. The van der Waals surface area contributed by atoms with Gasteiger partial charge in [0.1, 0.15) is 5.75 Å². The largest absolute Gasteiger partial charge is 0.493 e. The van der Waals surface area contributed by atoms with Crippen LogP contribution in [0.15, 0.2) is 59.5 Å². The fourth-order valence-electron chi connectivity index (χ4n) is 3.42. The molecule has 0 amide bonds. The van der Waals surface area contributed by atoms with E-state index in [2.05, 4.69) is 4.72 Å². The van der Waals surface area contributed by atoms with Gasteiger partial charge in [-0.15, -0.1) is 0 Å². The lowest BCUT2D eigenvalue weighted by atomic mass is 10.1. The minimum atomic E-state index is -3.69. The van der Waals surface area contributed by atoms with Gasteiger partial charge in [-0.05, 0) is 57.0 Å². The third kappa shape index (κ3) is 5.48. The van der Waals surface area contributed by atoms with Gasteiger partial charge < -0.3 is 14.2 Å². The van der Waals surface area contributed by atoms with Crippen molar-refractivity contribution >= 4 is 20.8 Å². The van der Waals surface area contributed by atoms with E-state index >= 15 is 0 Å². The third-order valence-corrected chi connectivity index (χ3v) is 6.27. The molecule has 3 rings (SSSR count). The molecule has 31 heavy (non-hydrogen) atoms. The van der Waals surface area contributed by atoms with E-state index in [0.717, 1.165) is 10.9 Å². The molecule has 0 heterocycles. The van der Waals surface area contributed by atoms with Crippen LogP contribution < -0.4 is 18.9 Å². The van der Waals surface area contributed by atoms with Gasteiger partial charge >= 0.3 is 0 Å². The monoisotopic (exact) mass is 443 g/mol. The maximum atomic E-state index is 13.0. The average Bonchev–Trinajstić information content (AvgIpc) is 2.76. The molecule has 0 saturated carbocycles. The molecule has 0 unspecified atom stereocenters.